The number of aromatic nitrogens is 1. The summed E-state index contributed by atoms with van der Waals surface area (Å²) in [4.78, 5) is 63.7. The van der Waals surface area contributed by atoms with Crippen molar-refractivity contribution in [3.05, 3.63) is 42.5 Å². The summed E-state index contributed by atoms with van der Waals surface area (Å²) in [5.41, 5.74) is -2.68. The molecule has 1 saturated heterocycles. The van der Waals surface area contributed by atoms with Crippen molar-refractivity contribution in [2.75, 3.05) is 19.8 Å². The summed E-state index contributed by atoms with van der Waals surface area (Å²) < 4.78 is 52.9. The molecule has 1 aromatic heterocycles. The highest BCUT2D eigenvalue weighted by atomic mass is 32.2. The molecule has 3 N–H and O–H groups in total. The number of carbonyl (C=O) groups is 4. The molecule has 0 radical (unpaired) electrons. The maximum atomic E-state index is 15.1. The molecule has 2 saturated carbocycles. The Balaban J connectivity index is 1.40. The lowest BCUT2D eigenvalue weighted by atomic mass is 9.85. The van der Waals surface area contributed by atoms with Gasteiger partial charge >= 0.3 is 6.09 Å². The second kappa shape index (κ2) is 15.5. The number of benzene rings is 1. The molecule has 306 valence electrons. The molecule has 0 unspecified atom stereocenters. The molecule has 2 aliphatic carbocycles. The van der Waals surface area contributed by atoms with Gasteiger partial charge in [0.05, 0.1) is 13.2 Å². The number of nitrogens with one attached hydrogen (secondary N) is 2. The molecule has 2 aliphatic heterocycles. The summed E-state index contributed by atoms with van der Waals surface area (Å²) in [6.07, 6.45) is 3.60. The van der Waals surface area contributed by atoms with Crippen LogP contribution in [0.4, 0.5) is 9.18 Å². The van der Waals surface area contributed by atoms with Crippen LogP contribution in [0.3, 0.4) is 0 Å². The third-order valence-electron chi connectivity index (χ3n) is 11.7. The average Bonchev–Trinajstić information content (AvgIpc) is 4.02. The van der Waals surface area contributed by atoms with Crippen LogP contribution in [0.5, 0.6) is 11.8 Å². The Morgan fingerprint density at radius 2 is 1.88 bits per heavy atom. The van der Waals surface area contributed by atoms with E-state index in [2.05, 4.69) is 15.0 Å². The fraction of sp³-hybridized carbons (Fsp3) is 0.625. The van der Waals surface area contributed by atoms with Crippen LogP contribution < -0.4 is 19.5 Å². The molecular formula is C40H54FN5O9S. The minimum absolute atomic E-state index is 0.0476. The van der Waals surface area contributed by atoms with E-state index in [0.717, 1.165) is 10.3 Å². The summed E-state index contributed by atoms with van der Waals surface area (Å²) >= 11 is 0. The third-order valence-corrected chi connectivity index (χ3v) is 13.8. The number of rotatable bonds is 9. The van der Waals surface area contributed by atoms with Crippen LogP contribution in [0, 0.1) is 17.8 Å². The van der Waals surface area contributed by atoms with Crippen molar-refractivity contribution in [3.63, 3.8) is 0 Å². The molecule has 56 heavy (non-hydrogen) atoms. The van der Waals surface area contributed by atoms with E-state index < -0.39 is 86.4 Å². The number of hydrogen-bond donors (Lipinski definition) is 3. The largest absolute Gasteiger partial charge is 0.478 e. The van der Waals surface area contributed by atoms with E-state index in [-0.39, 0.29) is 44.0 Å². The zero-order chi connectivity index (χ0) is 40.8. The van der Waals surface area contributed by atoms with Gasteiger partial charge in [0.1, 0.15) is 35.1 Å². The SMILES string of the molecule is CCOc1cc2ccccc2c(O[C@@H]2C[C@H]3C(=O)N[C@]4(C(=O)NS(=O)(=O)C5(CF)CC5)C[C@H]4/C=C\CC[C@@H](C)C[C@@H](C)[C@H](N(C(=O)O)C(C)(C)C)C(=O)N3C2)n1. The van der Waals surface area contributed by atoms with Crippen LogP contribution in [0.2, 0.25) is 0 Å². The van der Waals surface area contributed by atoms with Crippen molar-refractivity contribution in [1.82, 2.24) is 24.8 Å². The molecule has 3 fully saturated rings. The Morgan fingerprint density at radius 3 is 2.52 bits per heavy atom. The maximum absolute atomic E-state index is 15.1. The number of pyridine rings is 1. The van der Waals surface area contributed by atoms with Crippen LogP contribution in [0.1, 0.15) is 86.5 Å². The van der Waals surface area contributed by atoms with Crippen molar-refractivity contribution in [1.29, 1.82) is 0 Å². The quantitative estimate of drug-likeness (QED) is 0.293. The summed E-state index contributed by atoms with van der Waals surface area (Å²) in [6, 6.07) is 6.76. The van der Waals surface area contributed by atoms with Gasteiger partial charge in [-0.05, 0) is 89.5 Å². The highest BCUT2D eigenvalue weighted by Gasteiger charge is 2.64. The first kappa shape index (κ1) is 41.2. The summed E-state index contributed by atoms with van der Waals surface area (Å²) in [5, 5.41) is 14.9. The van der Waals surface area contributed by atoms with E-state index in [4.69, 9.17) is 9.47 Å². The topological polar surface area (TPSA) is 185 Å². The fourth-order valence-electron chi connectivity index (χ4n) is 8.33. The molecule has 7 atom stereocenters. The van der Waals surface area contributed by atoms with E-state index in [1.807, 2.05) is 51.1 Å². The van der Waals surface area contributed by atoms with E-state index in [1.54, 1.807) is 32.9 Å². The molecule has 0 spiro atoms. The molecule has 16 heteroatoms. The van der Waals surface area contributed by atoms with Crippen molar-refractivity contribution in [2.24, 2.45) is 17.8 Å². The number of carboxylic acid groups (broad SMARTS) is 1. The first-order valence-corrected chi connectivity index (χ1v) is 21.0. The Labute approximate surface area is 327 Å². The predicted molar refractivity (Wildman–Crippen MR) is 206 cm³/mol. The van der Waals surface area contributed by atoms with Gasteiger partial charge in [-0.2, -0.15) is 4.98 Å². The molecule has 0 bridgehead atoms. The predicted octanol–water partition coefficient (Wildman–Crippen LogP) is 4.96. The van der Waals surface area contributed by atoms with Gasteiger partial charge in [-0.25, -0.2) is 17.6 Å². The Bertz CT molecular complexity index is 2000. The van der Waals surface area contributed by atoms with Crippen molar-refractivity contribution in [2.45, 2.75) is 121 Å². The van der Waals surface area contributed by atoms with Gasteiger partial charge in [0.15, 0.2) is 0 Å². The number of nitrogens with zero attached hydrogens (tertiary/aromatic N) is 3. The lowest BCUT2D eigenvalue weighted by Crippen LogP contribution is -2.62. The molecule has 14 nitrogen and oxygen atoms in total. The number of ether oxygens (including phenoxy) is 2. The van der Waals surface area contributed by atoms with Gasteiger partial charge in [-0.1, -0.05) is 44.2 Å². The number of sulfonamides is 1. The first-order valence-electron chi connectivity index (χ1n) is 19.5. The number of carbonyl (C=O) groups excluding carboxylic acids is 3. The van der Waals surface area contributed by atoms with Crippen LogP contribution in [0.15, 0.2) is 42.5 Å². The van der Waals surface area contributed by atoms with Crippen molar-refractivity contribution in [3.8, 4) is 11.8 Å². The van der Waals surface area contributed by atoms with E-state index >= 15 is 4.79 Å². The monoisotopic (exact) mass is 799 g/mol. The zero-order valence-electron chi connectivity index (χ0n) is 32.9. The Morgan fingerprint density at radius 1 is 1.16 bits per heavy atom. The highest BCUT2D eigenvalue weighted by Crippen LogP contribution is 2.48. The molecule has 1 aromatic carbocycles. The van der Waals surface area contributed by atoms with Gasteiger partial charge < -0.3 is 24.8 Å². The summed E-state index contributed by atoms with van der Waals surface area (Å²) in [5.74, 6) is -2.69. The first-order chi connectivity index (χ1) is 26.4. The number of fused-ring (bicyclic) bond motifs is 3. The van der Waals surface area contributed by atoms with Crippen LogP contribution in [0.25, 0.3) is 10.8 Å². The van der Waals surface area contributed by atoms with Crippen LogP contribution >= 0.6 is 0 Å². The van der Waals surface area contributed by atoms with Gasteiger partial charge in [-0.3, -0.25) is 24.0 Å². The second-order valence-corrected chi connectivity index (χ2v) is 19.1. The molecule has 6 rings (SSSR count). The average molecular weight is 800 g/mol. The zero-order valence-corrected chi connectivity index (χ0v) is 33.7. The van der Waals surface area contributed by atoms with E-state index in [1.165, 1.54) is 4.90 Å². The lowest BCUT2D eigenvalue weighted by molar-refractivity contribution is -0.146. The Hall–Kier alpha value is -4.47. The van der Waals surface area contributed by atoms with Crippen molar-refractivity contribution < 1.29 is 46.6 Å². The van der Waals surface area contributed by atoms with E-state index in [0.29, 0.717) is 37.1 Å². The minimum Gasteiger partial charge on any atom is -0.478 e. The molecule has 2 aromatic rings. The van der Waals surface area contributed by atoms with Gasteiger partial charge in [-0.15, -0.1) is 0 Å². The van der Waals surface area contributed by atoms with Crippen LogP contribution in [-0.4, -0.2) is 106 Å². The third kappa shape index (κ3) is 8.03. The number of hydrogen-bond acceptors (Lipinski definition) is 9. The molecule has 3 heterocycles. The lowest BCUT2D eigenvalue weighted by Gasteiger charge is -2.43. The normalized spacial score (nSPS) is 29.8. The summed E-state index contributed by atoms with van der Waals surface area (Å²) in [6.45, 7) is 9.95. The number of halogens is 1. The molecule has 4 aliphatic rings. The maximum Gasteiger partial charge on any atom is 0.408 e. The number of amides is 4. The highest BCUT2D eigenvalue weighted by molar-refractivity contribution is 7.91. The second-order valence-electron chi connectivity index (χ2n) is 17.0. The number of allylic oxidation sites excluding steroid dienone is 1. The molecular weight excluding hydrogens is 746 g/mol. The molecule has 4 amide bonds. The fourth-order valence-corrected chi connectivity index (χ4v) is 9.76. The van der Waals surface area contributed by atoms with Crippen molar-refractivity contribution >= 4 is 44.6 Å². The minimum atomic E-state index is -4.40. The standard InChI is InChI=1S/C40H54FN5O9S/c1-7-54-31-19-26-13-9-11-15-29(26)34(42-31)55-28-20-30-33(47)43-40(36(49)44-56(52,53)39(23-41)16-17-39)21-27(40)14-10-8-12-24(2)18-25(3)32(35(48)45(30)22-28)46(37(50)51)38(4,5)6/h9-11,13-15,19,24-25,27-28,30,32H,7-8,12,16-18,20-23H2,1-6H3,(H,43,47)(H,44,49)(H,50,51)/b14-10-/t24-,25-,27-,28-,30+,32+,40-/m1/s1. The summed E-state index contributed by atoms with van der Waals surface area (Å²) in [7, 11) is -4.40. The van der Waals surface area contributed by atoms with Gasteiger partial charge in [0.2, 0.25) is 33.6 Å². The smallest absolute Gasteiger partial charge is 0.408 e. The Kier molecular flexibility index (Phi) is 11.4. The van der Waals surface area contributed by atoms with Crippen LogP contribution in [-0.2, 0) is 24.4 Å². The van der Waals surface area contributed by atoms with E-state index in [9.17, 15) is 32.3 Å². The van der Waals surface area contributed by atoms with Gasteiger partial charge in [0.25, 0.3) is 5.91 Å². The van der Waals surface area contributed by atoms with Gasteiger partial charge in [0, 0.05) is 29.3 Å². The number of alkyl halides is 1.